The van der Waals surface area contributed by atoms with Gasteiger partial charge in [-0.15, -0.1) is 0 Å². The standard InChI is InChI=1S/C10H10Br2O/c1-6-5-10(6,13)8-4-7(11)2-3-9(8)12/h2-4,6,13H,5H2,1H3. The number of halogens is 2. The van der Waals surface area contributed by atoms with Crippen molar-refractivity contribution in [1.29, 1.82) is 0 Å². The predicted molar refractivity (Wildman–Crippen MR) is 59.5 cm³/mol. The molecule has 0 aliphatic heterocycles. The van der Waals surface area contributed by atoms with Crippen molar-refractivity contribution >= 4 is 31.9 Å². The van der Waals surface area contributed by atoms with E-state index in [-0.39, 0.29) is 0 Å². The highest BCUT2D eigenvalue weighted by molar-refractivity contribution is 9.11. The largest absolute Gasteiger partial charge is 0.385 e. The Kier molecular flexibility index (Phi) is 2.29. The van der Waals surface area contributed by atoms with Gasteiger partial charge in [-0.25, -0.2) is 0 Å². The van der Waals surface area contributed by atoms with Crippen LogP contribution in [0.2, 0.25) is 0 Å². The molecule has 1 saturated carbocycles. The summed E-state index contributed by atoms with van der Waals surface area (Å²) in [7, 11) is 0. The third-order valence-electron chi connectivity index (χ3n) is 2.67. The fourth-order valence-corrected chi connectivity index (χ4v) is 2.56. The first-order valence-corrected chi connectivity index (χ1v) is 5.80. The molecule has 2 rings (SSSR count). The molecular weight excluding hydrogens is 296 g/mol. The van der Waals surface area contributed by atoms with Gasteiger partial charge in [-0.1, -0.05) is 38.8 Å². The molecule has 0 saturated heterocycles. The zero-order valence-electron chi connectivity index (χ0n) is 7.22. The van der Waals surface area contributed by atoms with E-state index in [0.29, 0.717) is 5.92 Å². The molecule has 0 spiro atoms. The molecule has 0 radical (unpaired) electrons. The van der Waals surface area contributed by atoms with Crippen molar-refractivity contribution in [1.82, 2.24) is 0 Å². The Morgan fingerprint density at radius 1 is 1.46 bits per heavy atom. The van der Waals surface area contributed by atoms with Crippen LogP contribution in [-0.4, -0.2) is 5.11 Å². The first-order chi connectivity index (χ1) is 6.04. The summed E-state index contributed by atoms with van der Waals surface area (Å²) in [6, 6.07) is 5.90. The SMILES string of the molecule is CC1CC1(O)c1cc(Br)ccc1Br. The number of aliphatic hydroxyl groups is 1. The highest BCUT2D eigenvalue weighted by atomic mass is 79.9. The van der Waals surface area contributed by atoms with Crippen molar-refractivity contribution in [2.75, 3.05) is 0 Å². The van der Waals surface area contributed by atoms with E-state index < -0.39 is 5.60 Å². The summed E-state index contributed by atoms with van der Waals surface area (Å²) in [5.74, 6) is 0.373. The zero-order valence-corrected chi connectivity index (χ0v) is 10.4. The third kappa shape index (κ3) is 1.58. The lowest BCUT2D eigenvalue weighted by molar-refractivity contribution is 0.134. The van der Waals surface area contributed by atoms with Crippen LogP contribution >= 0.6 is 31.9 Å². The minimum atomic E-state index is -0.595. The highest BCUT2D eigenvalue weighted by Crippen LogP contribution is 2.53. The minimum Gasteiger partial charge on any atom is -0.385 e. The van der Waals surface area contributed by atoms with E-state index in [2.05, 4.69) is 38.8 Å². The van der Waals surface area contributed by atoms with Gasteiger partial charge in [-0.2, -0.15) is 0 Å². The number of rotatable bonds is 1. The molecule has 0 bridgehead atoms. The first-order valence-electron chi connectivity index (χ1n) is 4.22. The van der Waals surface area contributed by atoms with Crippen LogP contribution in [0.1, 0.15) is 18.9 Å². The Labute approximate surface area is 94.4 Å². The van der Waals surface area contributed by atoms with E-state index in [1.165, 1.54) is 0 Å². The Bertz CT molecular complexity index is 351. The second-order valence-electron chi connectivity index (χ2n) is 3.65. The first kappa shape index (κ1) is 9.69. The summed E-state index contributed by atoms with van der Waals surface area (Å²) in [6.45, 7) is 2.06. The van der Waals surface area contributed by atoms with Crippen molar-refractivity contribution in [3.05, 3.63) is 32.7 Å². The van der Waals surface area contributed by atoms with E-state index in [9.17, 15) is 5.11 Å². The van der Waals surface area contributed by atoms with E-state index in [1.807, 2.05) is 18.2 Å². The second-order valence-corrected chi connectivity index (χ2v) is 5.42. The molecule has 0 heterocycles. The smallest absolute Gasteiger partial charge is 0.0938 e. The van der Waals surface area contributed by atoms with Gasteiger partial charge in [0.2, 0.25) is 0 Å². The minimum absolute atomic E-state index is 0.373. The molecule has 1 N–H and O–H groups in total. The van der Waals surface area contributed by atoms with Crippen LogP contribution < -0.4 is 0 Å². The summed E-state index contributed by atoms with van der Waals surface area (Å²) in [5.41, 5.74) is 0.400. The van der Waals surface area contributed by atoms with Crippen LogP contribution in [0.5, 0.6) is 0 Å². The quantitative estimate of drug-likeness (QED) is 0.843. The average Bonchev–Trinajstić information content (AvgIpc) is 2.66. The number of benzene rings is 1. The predicted octanol–water partition coefficient (Wildman–Crippen LogP) is 3.44. The van der Waals surface area contributed by atoms with Gasteiger partial charge in [0, 0.05) is 8.95 Å². The molecule has 2 unspecified atom stereocenters. The highest BCUT2D eigenvalue weighted by Gasteiger charge is 2.51. The van der Waals surface area contributed by atoms with Gasteiger partial charge in [0.15, 0.2) is 0 Å². The van der Waals surface area contributed by atoms with Gasteiger partial charge in [0.25, 0.3) is 0 Å². The summed E-state index contributed by atoms with van der Waals surface area (Å²) in [6.07, 6.45) is 0.863. The van der Waals surface area contributed by atoms with Gasteiger partial charge >= 0.3 is 0 Å². The van der Waals surface area contributed by atoms with E-state index >= 15 is 0 Å². The molecule has 3 heteroatoms. The molecule has 0 amide bonds. The maximum absolute atomic E-state index is 10.1. The van der Waals surface area contributed by atoms with Crippen molar-refractivity contribution in [2.45, 2.75) is 18.9 Å². The molecule has 70 valence electrons. The van der Waals surface area contributed by atoms with Crippen molar-refractivity contribution in [3.8, 4) is 0 Å². The maximum atomic E-state index is 10.1. The average molecular weight is 306 g/mol. The van der Waals surface area contributed by atoms with Crippen LogP contribution in [-0.2, 0) is 5.60 Å². The van der Waals surface area contributed by atoms with E-state index in [1.54, 1.807) is 0 Å². The lowest BCUT2D eigenvalue weighted by Crippen LogP contribution is -2.08. The fraction of sp³-hybridized carbons (Fsp3) is 0.400. The third-order valence-corrected chi connectivity index (χ3v) is 3.85. The summed E-state index contributed by atoms with van der Waals surface area (Å²) >= 11 is 6.86. The lowest BCUT2D eigenvalue weighted by atomic mass is 10.1. The van der Waals surface area contributed by atoms with Crippen molar-refractivity contribution in [2.24, 2.45) is 5.92 Å². The van der Waals surface area contributed by atoms with Gasteiger partial charge < -0.3 is 5.11 Å². The molecule has 13 heavy (non-hydrogen) atoms. The monoisotopic (exact) mass is 304 g/mol. The zero-order chi connectivity index (χ0) is 9.64. The molecule has 2 atom stereocenters. The fourth-order valence-electron chi connectivity index (χ4n) is 1.61. The summed E-state index contributed by atoms with van der Waals surface area (Å²) in [5, 5.41) is 10.1. The molecule has 1 aromatic carbocycles. The van der Waals surface area contributed by atoms with Crippen molar-refractivity contribution < 1.29 is 5.11 Å². The normalized spacial score (nSPS) is 31.8. The Hall–Kier alpha value is 0.140. The Balaban J connectivity index is 2.46. The van der Waals surface area contributed by atoms with Gasteiger partial charge in [-0.3, -0.25) is 0 Å². The Morgan fingerprint density at radius 2 is 2.08 bits per heavy atom. The van der Waals surface area contributed by atoms with Crippen LogP contribution in [0, 0.1) is 5.92 Å². The molecule has 1 aromatic rings. The molecule has 1 aliphatic rings. The molecule has 0 aromatic heterocycles. The molecule has 1 fully saturated rings. The summed E-state index contributed by atoms with van der Waals surface area (Å²) in [4.78, 5) is 0. The Morgan fingerprint density at radius 3 is 2.62 bits per heavy atom. The van der Waals surface area contributed by atoms with Gasteiger partial charge in [-0.05, 0) is 36.1 Å². The van der Waals surface area contributed by atoms with Crippen LogP contribution in [0.3, 0.4) is 0 Å². The van der Waals surface area contributed by atoms with E-state index in [4.69, 9.17) is 0 Å². The molecule has 1 nitrogen and oxygen atoms in total. The topological polar surface area (TPSA) is 20.2 Å². The summed E-state index contributed by atoms with van der Waals surface area (Å²) < 4.78 is 2.00. The van der Waals surface area contributed by atoms with Gasteiger partial charge in [0.05, 0.1) is 5.60 Å². The van der Waals surface area contributed by atoms with Crippen molar-refractivity contribution in [3.63, 3.8) is 0 Å². The van der Waals surface area contributed by atoms with Crippen LogP contribution in [0.4, 0.5) is 0 Å². The lowest BCUT2D eigenvalue weighted by Gasteiger charge is -2.12. The number of hydrogen-bond acceptors (Lipinski definition) is 1. The molecular formula is C10H10Br2O. The molecule has 1 aliphatic carbocycles. The maximum Gasteiger partial charge on any atom is 0.0938 e. The van der Waals surface area contributed by atoms with Gasteiger partial charge in [0.1, 0.15) is 0 Å². The van der Waals surface area contributed by atoms with Crippen LogP contribution in [0.25, 0.3) is 0 Å². The van der Waals surface area contributed by atoms with E-state index in [0.717, 1.165) is 20.9 Å². The van der Waals surface area contributed by atoms with Crippen LogP contribution in [0.15, 0.2) is 27.1 Å². The second kappa shape index (κ2) is 3.07. The number of hydrogen-bond donors (Lipinski definition) is 1.